The normalized spacial score (nSPS) is 16.5. The minimum absolute atomic E-state index is 0.149. The first-order valence-electron chi connectivity index (χ1n) is 8.55. The van der Waals surface area contributed by atoms with Crippen LogP contribution in [0.1, 0.15) is 37.7 Å². The van der Waals surface area contributed by atoms with Crippen molar-refractivity contribution in [2.45, 2.75) is 44.6 Å². The lowest BCUT2D eigenvalue weighted by Crippen LogP contribution is -2.49. The number of methoxy groups -OCH3 is 1. The number of carbonyl (C=O) groups is 2. The van der Waals surface area contributed by atoms with Crippen LogP contribution in [0.2, 0.25) is 0 Å². The molecule has 134 valence electrons. The van der Waals surface area contributed by atoms with E-state index in [1.807, 2.05) is 30.3 Å². The highest BCUT2D eigenvalue weighted by molar-refractivity contribution is 5.88. The monoisotopic (exact) mass is 344 g/mol. The second-order valence-electron chi connectivity index (χ2n) is 6.43. The molecule has 1 aromatic rings. The topological polar surface area (TPSA) is 104 Å². The number of nitrogens with one attached hydrogen (secondary N) is 1. The smallest absolute Gasteiger partial charge is 0.328 e. The molecule has 1 fully saturated rings. The van der Waals surface area contributed by atoms with Gasteiger partial charge < -0.3 is 10.1 Å². The third-order valence-electron chi connectivity index (χ3n) is 4.87. The summed E-state index contributed by atoms with van der Waals surface area (Å²) in [4.78, 5) is 27.8. The third-order valence-corrected chi connectivity index (χ3v) is 4.87. The quantitative estimate of drug-likeness (QED) is 0.339. The van der Waals surface area contributed by atoms with Gasteiger partial charge in [-0.25, -0.2) is 4.79 Å². The van der Waals surface area contributed by atoms with Gasteiger partial charge in [0.05, 0.1) is 7.11 Å². The fourth-order valence-corrected chi connectivity index (χ4v) is 3.45. The molecule has 0 heterocycles. The van der Waals surface area contributed by atoms with E-state index in [-0.39, 0.29) is 12.5 Å². The van der Waals surface area contributed by atoms with Gasteiger partial charge in [0.1, 0.15) is 6.04 Å². The lowest BCUT2D eigenvalue weighted by molar-refractivity contribution is -0.146. The molecule has 0 saturated heterocycles. The first kappa shape index (κ1) is 18.8. The van der Waals surface area contributed by atoms with Gasteiger partial charge in [-0.1, -0.05) is 48.3 Å². The van der Waals surface area contributed by atoms with Crippen molar-refractivity contribution in [3.8, 4) is 0 Å². The van der Waals surface area contributed by atoms with Crippen molar-refractivity contribution in [1.29, 1.82) is 0 Å². The first-order valence-corrected chi connectivity index (χ1v) is 8.55. The highest BCUT2D eigenvalue weighted by Gasteiger charge is 2.41. The molecular weight excluding hydrogens is 320 g/mol. The van der Waals surface area contributed by atoms with E-state index in [1.54, 1.807) is 0 Å². The minimum Gasteiger partial charge on any atom is -0.467 e. The molecule has 7 heteroatoms. The van der Waals surface area contributed by atoms with E-state index in [1.165, 1.54) is 7.11 Å². The van der Waals surface area contributed by atoms with Crippen molar-refractivity contribution in [3.05, 3.63) is 46.3 Å². The van der Waals surface area contributed by atoms with Crippen LogP contribution in [0.5, 0.6) is 0 Å². The number of amides is 1. The van der Waals surface area contributed by atoms with Gasteiger partial charge in [0, 0.05) is 23.3 Å². The van der Waals surface area contributed by atoms with Crippen molar-refractivity contribution in [2.75, 3.05) is 13.7 Å². The fourth-order valence-electron chi connectivity index (χ4n) is 3.45. The average Bonchev–Trinajstić information content (AvgIpc) is 3.11. The van der Waals surface area contributed by atoms with Crippen LogP contribution in [0.3, 0.4) is 0 Å². The van der Waals surface area contributed by atoms with Crippen LogP contribution in [0, 0.1) is 5.41 Å². The maximum Gasteiger partial charge on any atom is 0.328 e. The number of hydrogen-bond acceptors (Lipinski definition) is 4. The summed E-state index contributed by atoms with van der Waals surface area (Å²) >= 11 is 0. The largest absolute Gasteiger partial charge is 0.467 e. The number of esters is 1. The molecular formula is C18H24N4O3. The Morgan fingerprint density at radius 2 is 2.00 bits per heavy atom. The van der Waals surface area contributed by atoms with Gasteiger partial charge >= 0.3 is 5.97 Å². The fraction of sp³-hybridized carbons (Fsp3) is 0.556. The summed E-state index contributed by atoms with van der Waals surface area (Å²) in [7, 11) is 1.32. The van der Waals surface area contributed by atoms with E-state index >= 15 is 0 Å². The zero-order valence-corrected chi connectivity index (χ0v) is 14.5. The summed E-state index contributed by atoms with van der Waals surface area (Å²) in [6.45, 7) is 0.283. The molecule has 1 amide bonds. The SMILES string of the molecule is COC(=O)C(Cc1ccccc1)NC(=O)C1(CCN=[N+]=[N-])CCCC1. The number of hydrogen-bond donors (Lipinski definition) is 1. The molecule has 0 radical (unpaired) electrons. The molecule has 1 saturated carbocycles. The van der Waals surface area contributed by atoms with Crippen LogP contribution in [-0.2, 0) is 20.7 Å². The summed E-state index contributed by atoms with van der Waals surface area (Å²) in [5, 5.41) is 6.45. The summed E-state index contributed by atoms with van der Waals surface area (Å²) in [6, 6.07) is 8.79. The van der Waals surface area contributed by atoms with E-state index < -0.39 is 17.4 Å². The number of carbonyl (C=O) groups excluding carboxylic acids is 2. The van der Waals surface area contributed by atoms with Crippen molar-refractivity contribution in [1.82, 2.24) is 5.32 Å². The van der Waals surface area contributed by atoms with Crippen LogP contribution >= 0.6 is 0 Å². The van der Waals surface area contributed by atoms with E-state index in [4.69, 9.17) is 10.3 Å². The lowest BCUT2D eigenvalue weighted by Gasteiger charge is -2.29. The Morgan fingerprint density at radius 1 is 1.32 bits per heavy atom. The van der Waals surface area contributed by atoms with Crippen LogP contribution in [0.4, 0.5) is 0 Å². The number of ether oxygens (including phenoxy) is 1. The standard InChI is InChI=1S/C18H24N4O3/c1-25-16(23)15(13-14-7-3-2-4-8-14)21-17(24)18(9-5-6-10-18)11-12-20-22-19/h2-4,7-8,15H,5-6,9-13H2,1H3,(H,21,24). The zero-order valence-electron chi connectivity index (χ0n) is 14.5. The highest BCUT2D eigenvalue weighted by Crippen LogP contribution is 2.41. The third kappa shape index (κ3) is 4.97. The summed E-state index contributed by atoms with van der Waals surface area (Å²) in [5.41, 5.74) is 8.87. The average molecular weight is 344 g/mol. The molecule has 0 aliphatic heterocycles. The van der Waals surface area contributed by atoms with E-state index in [2.05, 4.69) is 15.3 Å². The number of benzene rings is 1. The molecule has 7 nitrogen and oxygen atoms in total. The number of rotatable bonds is 8. The molecule has 1 aliphatic rings. The van der Waals surface area contributed by atoms with Gasteiger partial charge in [-0.2, -0.15) is 0 Å². The predicted octanol–water partition coefficient (Wildman–Crippen LogP) is 3.15. The maximum atomic E-state index is 12.9. The Hall–Kier alpha value is -2.53. The molecule has 1 unspecified atom stereocenters. The second kappa shape index (κ2) is 9.08. The Bertz CT molecular complexity index is 635. The van der Waals surface area contributed by atoms with E-state index in [9.17, 15) is 9.59 Å². The highest BCUT2D eigenvalue weighted by atomic mass is 16.5. The van der Waals surface area contributed by atoms with Crippen molar-refractivity contribution < 1.29 is 14.3 Å². The molecule has 1 aromatic carbocycles. The van der Waals surface area contributed by atoms with Crippen molar-refractivity contribution in [3.63, 3.8) is 0 Å². The molecule has 0 spiro atoms. The van der Waals surface area contributed by atoms with Gasteiger partial charge in [-0.15, -0.1) is 0 Å². The molecule has 1 N–H and O–H groups in total. The summed E-state index contributed by atoms with van der Waals surface area (Å²) in [5.74, 6) is -0.607. The van der Waals surface area contributed by atoms with Crippen molar-refractivity contribution >= 4 is 11.9 Å². The second-order valence-corrected chi connectivity index (χ2v) is 6.43. The Kier molecular flexibility index (Phi) is 6.83. The summed E-state index contributed by atoms with van der Waals surface area (Å²) in [6.07, 6.45) is 4.31. The van der Waals surface area contributed by atoms with Crippen molar-refractivity contribution in [2.24, 2.45) is 10.5 Å². The molecule has 2 rings (SSSR count). The molecule has 25 heavy (non-hydrogen) atoms. The van der Waals surface area contributed by atoms with Gasteiger partial charge in [-0.05, 0) is 30.4 Å². The first-order chi connectivity index (χ1) is 12.1. The Labute approximate surface area is 147 Å². The maximum absolute atomic E-state index is 12.9. The van der Waals surface area contributed by atoms with Gasteiger partial charge in [-0.3, -0.25) is 4.79 Å². The number of nitrogens with zero attached hydrogens (tertiary/aromatic N) is 3. The summed E-state index contributed by atoms with van der Waals surface area (Å²) < 4.78 is 4.86. The minimum atomic E-state index is -0.725. The van der Waals surface area contributed by atoms with Gasteiger partial charge in [0.15, 0.2) is 0 Å². The lowest BCUT2D eigenvalue weighted by atomic mass is 9.81. The van der Waals surface area contributed by atoms with Crippen LogP contribution < -0.4 is 5.32 Å². The van der Waals surface area contributed by atoms with Gasteiger partial charge in [0.2, 0.25) is 5.91 Å². The molecule has 1 atom stereocenters. The van der Waals surface area contributed by atoms with Crippen LogP contribution in [0.15, 0.2) is 35.4 Å². The molecule has 0 bridgehead atoms. The predicted molar refractivity (Wildman–Crippen MR) is 93.6 cm³/mol. The number of azide groups is 1. The van der Waals surface area contributed by atoms with Crippen LogP contribution in [0.25, 0.3) is 10.4 Å². The van der Waals surface area contributed by atoms with Crippen LogP contribution in [-0.4, -0.2) is 31.6 Å². The van der Waals surface area contributed by atoms with E-state index in [0.29, 0.717) is 12.8 Å². The Balaban J connectivity index is 2.11. The molecule has 0 aromatic heterocycles. The Morgan fingerprint density at radius 3 is 2.60 bits per heavy atom. The molecule has 1 aliphatic carbocycles. The van der Waals surface area contributed by atoms with E-state index in [0.717, 1.165) is 31.2 Å². The zero-order chi connectivity index (χ0) is 18.1. The van der Waals surface area contributed by atoms with Gasteiger partial charge in [0.25, 0.3) is 0 Å².